The molecule has 0 rings (SSSR count). The summed E-state index contributed by atoms with van der Waals surface area (Å²) < 4.78 is 0. The molecule has 72 valence electrons. The van der Waals surface area contributed by atoms with Crippen LogP contribution in [0.3, 0.4) is 0 Å². The van der Waals surface area contributed by atoms with Gasteiger partial charge in [-0.3, -0.25) is 4.79 Å². The van der Waals surface area contributed by atoms with E-state index in [0.29, 0.717) is 18.3 Å². The molecule has 0 aliphatic rings. The third-order valence-corrected chi connectivity index (χ3v) is 2.22. The Morgan fingerprint density at radius 2 is 1.92 bits per heavy atom. The van der Waals surface area contributed by atoms with Gasteiger partial charge in [-0.1, -0.05) is 27.7 Å². The Balaban J connectivity index is 3.54. The third kappa shape index (κ3) is 5.16. The molecular weight excluding hydrogens is 150 g/mol. The number of carbonyl (C=O) groups is 1. The van der Waals surface area contributed by atoms with Crippen molar-refractivity contribution in [3.05, 3.63) is 0 Å². The maximum atomic E-state index is 11.2. The maximum absolute atomic E-state index is 11.2. The molecule has 0 radical (unpaired) electrons. The predicted octanol–water partition coefficient (Wildman–Crippen LogP) is 2.19. The SMILES string of the molecule is CCCNC(=O)CC(C)C(C)C. The van der Waals surface area contributed by atoms with Crippen molar-refractivity contribution < 1.29 is 4.79 Å². The Hall–Kier alpha value is -0.530. The lowest BCUT2D eigenvalue weighted by molar-refractivity contribution is -0.122. The number of rotatable bonds is 5. The van der Waals surface area contributed by atoms with Crippen LogP contribution in [0.25, 0.3) is 0 Å². The monoisotopic (exact) mass is 171 g/mol. The van der Waals surface area contributed by atoms with Crippen LogP contribution in [0.1, 0.15) is 40.5 Å². The third-order valence-electron chi connectivity index (χ3n) is 2.22. The van der Waals surface area contributed by atoms with Crippen LogP contribution >= 0.6 is 0 Å². The molecule has 1 amide bonds. The first-order valence-electron chi connectivity index (χ1n) is 4.84. The van der Waals surface area contributed by atoms with Crippen LogP contribution in [-0.2, 0) is 4.79 Å². The summed E-state index contributed by atoms with van der Waals surface area (Å²) in [5.41, 5.74) is 0. The smallest absolute Gasteiger partial charge is 0.220 e. The molecule has 0 aromatic carbocycles. The van der Waals surface area contributed by atoms with Gasteiger partial charge in [0.2, 0.25) is 5.91 Å². The highest BCUT2D eigenvalue weighted by Crippen LogP contribution is 2.13. The first-order chi connectivity index (χ1) is 5.57. The molecule has 0 aliphatic heterocycles. The average molecular weight is 171 g/mol. The molecule has 0 saturated carbocycles. The van der Waals surface area contributed by atoms with Gasteiger partial charge < -0.3 is 5.32 Å². The van der Waals surface area contributed by atoms with Gasteiger partial charge in [0.1, 0.15) is 0 Å². The predicted molar refractivity (Wildman–Crippen MR) is 51.9 cm³/mol. The second-order valence-corrected chi connectivity index (χ2v) is 3.78. The molecule has 12 heavy (non-hydrogen) atoms. The summed E-state index contributed by atoms with van der Waals surface area (Å²) in [4.78, 5) is 11.2. The molecule has 0 spiro atoms. The highest BCUT2D eigenvalue weighted by Gasteiger charge is 2.11. The van der Waals surface area contributed by atoms with Gasteiger partial charge in [-0.25, -0.2) is 0 Å². The number of carbonyl (C=O) groups excluding carboxylic acids is 1. The Morgan fingerprint density at radius 3 is 2.33 bits per heavy atom. The van der Waals surface area contributed by atoms with Crippen molar-refractivity contribution in [3.8, 4) is 0 Å². The topological polar surface area (TPSA) is 29.1 Å². The van der Waals surface area contributed by atoms with Gasteiger partial charge in [-0.2, -0.15) is 0 Å². The highest BCUT2D eigenvalue weighted by molar-refractivity contribution is 5.76. The van der Waals surface area contributed by atoms with E-state index in [9.17, 15) is 4.79 Å². The van der Waals surface area contributed by atoms with Gasteiger partial charge in [-0.05, 0) is 18.3 Å². The number of nitrogens with one attached hydrogen (secondary N) is 1. The zero-order chi connectivity index (χ0) is 9.56. The summed E-state index contributed by atoms with van der Waals surface area (Å²) in [6.45, 7) is 9.29. The zero-order valence-corrected chi connectivity index (χ0v) is 8.68. The molecule has 0 fully saturated rings. The molecule has 2 nitrogen and oxygen atoms in total. The van der Waals surface area contributed by atoms with Crippen LogP contribution in [0.4, 0.5) is 0 Å². The largest absolute Gasteiger partial charge is 0.356 e. The summed E-state index contributed by atoms with van der Waals surface area (Å²) >= 11 is 0. The normalized spacial score (nSPS) is 13.1. The van der Waals surface area contributed by atoms with E-state index in [1.807, 2.05) is 0 Å². The second kappa shape index (κ2) is 6.04. The Bertz CT molecular complexity index is 132. The second-order valence-electron chi connectivity index (χ2n) is 3.78. The van der Waals surface area contributed by atoms with E-state index in [1.165, 1.54) is 0 Å². The summed E-state index contributed by atoms with van der Waals surface area (Å²) in [7, 11) is 0. The molecule has 0 bridgehead atoms. The van der Waals surface area contributed by atoms with E-state index < -0.39 is 0 Å². The standard InChI is InChI=1S/C10H21NO/c1-5-6-11-10(12)7-9(4)8(2)3/h8-9H,5-7H2,1-4H3,(H,11,12). The van der Waals surface area contributed by atoms with Crippen LogP contribution in [0.5, 0.6) is 0 Å². The lowest BCUT2D eigenvalue weighted by Gasteiger charge is -2.14. The first kappa shape index (κ1) is 11.5. The summed E-state index contributed by atoms with van der Waals surface area (Å²) in [6, 6.07) is 0. The lowest BCUT2D eigenvalue weighted by atomic mass is 9.94. The van der Waals surface area contributed by atoms with E-state index >= 15 is 0 Å². The van der Waals surface area contributed by atoms with Crippen molar-refractivity contribution in [2.75, 3.05) is 6.54 Å². The highest BCUT2D eigenvalue weighted by atomic mass is 16.1. The van der Waals surface area contributed by atoms with Crippen molar-refractivity contribution in [1.82, 2.24) is 5.32 Å². The van der Waals surface area contributed by atoms with E-state index in [1.54, 1.807) is 0 Å². The van der Waals surface area contributed by atoms with Gasteiger partial charge in [0.25, 0.3) is 0 Å². The molecule has 0 saturated heterocycles. The van der Waals surface area contributed by atoms with Crippen LogP contribution < -0.4 is 5.32 Å². The number of hydrogen-bond donors (Lipinski definition) is 1. The average Bonchev–Trinajstić information content (AvgIpc) is 2.00. The molecule has 1 unspecified atom stereocenters. The van der Waals surface area contributed by atoms with Crippen molar-refractivity contribution >= 4 is 5.91 Å². The Kier molecular flexibility index (Phi) is 5.77. The maximum Gasteiger partial charge on any atom is 0.220 e. The number of amides is 1. The Labute approximate surface area is 75.7 Å². The van der Waals surface area contributed by atoms with Gasteiger partial charge >= 0.3 is 0 Å². The zero-order valence-electron chi connectivity index (χ0n) is 8.68. The molecule has 1 atom stereocenters. The van der Waals surface area contributed by atoms with E-state index in [4.69, 9.17) is 0 Å². The fourth-order valence-corrected chi connectivity index (χ4v) is 0.865. The molecule has 0 aliphatic carbocycles. The fourth-order valence-electron chi connectivity index (χ4n) is 0.865. The van der Waals surface area contributed by atoms with Crippen LogP contribution in [0.15, 0.2) is 0 Å². The number of hydrogen-bond acceptors (Lipinski definition) is 1. The molecule has 2 heteroatoms. The summed E-state index contributed by atoms with van der Waals surface area (Å²) in [6.07, 6.45) is 1.68. The molecule has 0 aromatic rings. The van der Waals surface area contributed by atoms with Crippen molar-refractivity contribution in [2.45, 2.75) is 40.5 Å². The van der Waals surface area contributed by atoms with Gasteiger partial charge in [0.15, 0.2) is 0 Å². The summed E-state index contributed by atoms with van der Waals surface area (Å²) in [5, 5.41) is 2.88. The minimum absolute atomic E-state index is 0.193. The molecule has 0 aromatic heterocycles. The lowest BCUT2D eigenvalue weighted by Crippen LogP contribution is -2.26. The molecule has 1 N–H and O–H groups in total. The quantitative estimate of drug-likeness (QED) is 0.675. The minimum Gasteiger partial charge on any atom is -0.356 e. The van der Waals surface area contributed by atoms with Gasteiger partial charge in [0, 0.05) is 13.0 Å². The van der Waals surface area contributed by atoms with Crippen LogP contribution in [0, 0.1) is 11.8 Å². The van der Waals surface area contributed by atoms with Crippen LogP contribution in [-0.4, -0.2) is 12.5 Å². The fraction of sp³-hybridized carbons (Fsp3) is 0.900. The van der Waals surface area contributed by atoms with Crippen molar-refractivity contribution in [3.63, 3.8) is 0 Å². The van der Waals surface area contributed by atoms with Gasteiger partial charge in [0.05, 0.1) is 0 Å². The summed E-state index contributed by atoms with van der Waals surface area (Å²) in [5.74, 6) is 1.28. The van der Waals surface area contributed by atoms with Gasteiger partial charge in [-0.15, -0.1) is 0 Å². The minimum atomic E-state index is 0.193. The van der Waals surface area contributed by atoms with Crippen molar-refractivity contribution in [1.29, 1.82) is 0 Å². The van der Waals surface area contributed by atoms with E-state index in [0.717, 1.165) is 13.0 Å². The van der Waals surface area contributed by atoms with E-state index in [-0.39, 0.29) is 5.91 Å². The molecule has 0 heterocycles. The van der Waals surface area contributed by atoms with E-state index in [2.05, 4.69) is 33.0 Å². The molecular formula is C10H21NO. The van der Waals surface area contributed by atoms with Crippen LogP contribution in [0.2, 0.25) is 0 Å². The van der Waals surface area contributed by atoms with Crippen molar-refractivity contribution in [2.24, 2.45) is 11.8 Å². The first-order valence-corrected chi connectivity index (χ1v) is 4.84. The Morgan fingerprint density at radius 1 is 1.33 bits per heavy atom.